The number of carboxylic acids is 1. The van der Waals surface area contributed by atoms with Gasteiger partial charge in [0.25, 0.3) is 0 Å². The molecule has 0 aliphatic carbocycles. The molecule has 1 atom stereocenters. The van der Waals surface area contributed by atoms with Crippen LogP contribution >= 0.6 is 11.8 Å². The number of phenols is 1. The van der Waals surface area contributed by atoms with Crippen LogP contribution in [0.1, 0.15) is 12.0 Å². The minimum Gasteiger partial charge on any atom is -0.507 e. The Morgan fingerprint density at radius 2 is 2.14 bits per heavy atom. The van der Waals surface area contributed by atoms with Crippen LogP contribution in [-0.2, 0) is 9.59 Å². The number of carbonyl (C=O) groups excluding carboxylic acids is 1. The number of hydrogen-bond acceptors (Lipinski definition) is 8. The number of carboxylic acid groups (broad SMARTS) is 1. The third-order valence-electron chi connectivity index (χ3n) is 3.79. The zero-order valence-electron chi connectivity index (χ0n) is 14.7. The van der Waals surface area contributed by atoms with E-state index in [0.29, 0.717) is 11.4 Å². The molecule has 3 N–H and O–H groups in total. The molecule has 1 aliphatic heterocycles. The number of aliphatic carboxylic acids is 1. The van der Waals surface area contributed by atoms with Gasteiger partial charge in [-0.1, -0.05) is 17.8 Å². The molecule has 1 saturated heterocycles. The minimum absolute atomic E-state index is 0.0148. The molecule has 0 radical (unpaired) electrons. The number of hydrogen-bond donors (Lipinski definition) is 3. The van der Waals surface area contributed by atoms with Gasteiger partial charge < -0.3 is 20.3 Å². The molecule has 28 heavy (non-hydrogen) atoms. The number of benzene rings is 1. The summed E-state index contributed by atoms with van der Waals surface area (Å²) in [5, 5.41) is 28.5. The third-order valence-corrected chi connectivity index (χ3v) is 4.86. The summed E-state index contributed by atoms with van der Waals surface area (Å²) in [6.07, 6.45) is 2.71. The van der Waals surface area contributed by atoms with Crippen LogP contribution in [0.25, 0.3) is 11.1 Å². The average Bonchev–Trinajstić information content (AvgIpc) is 3.02. The maximum absolute atomic E-state index is 11.7. The van der Waals surface area contributed by atoms with Crippen LogP contribution in [0.15, 0.2) is 46.7 Å². The second kappa shape index (κ2) is 8.53. The Kier molecular flexibility index (Phi) is 5.90. The maximum atomic E-state index is 11.7. The average molecular weight is 400 g/mol. The van der Waals surface area contributed by atoms with Gasteiger partial charge in [-0.25, -0.2) is 4.98 Å². The summed E-state index contributed by atoms with van der Waals surface area (Å²) >= 11 is 1.00. The fourth-order valence-corrected chi connectivity index (χ4v) is 3.31. The highest BCUT2D eigenvalue weighted by atomic mass is 32.2. The Morgan fingerprint density at radius 3 is 2.82 bits per heavy atom. The number of ether oxygens (including phenoxy) is 1. The summed E-state index contributed by atoms with van der Waals surface area (Å²) in [7, 11) is 1.54. The molecule has 1 unspecified atom stereocenters. The van der Waals surface area contributed by atoms with E-state index >= 15 is 0 Å². The second-order valence-corrected chi connectivity index (χ2v) is 6.90. The molecule has 0 saturated carbocycles. The Labute approximate surface area is 164 Å². The molecule has 144 valence electrons. The molecular weight excluding hydrogens is 384 g/mol. The molecule has 3 rings (SSSR count). The first-order valence-electron chi connectivity index (χ1n) is 8.10. The summed E-state index contributed by atoms with van der Waals surface area (Å²) in [4.78, 5) is 26.5. The van der Waals surface area contributed by atoms with Crippen molar-refractivity contribution in [2.75, 3.05) is 7.11 Å². The first-order chi connectivity index (χ1) is 13.5. The van der Waals surface area contributed by atoms with Crippen molar-refractivity contribution in [2.45, 2.75) is 11.7 Å². The number of carbonyl (C=O) groups is 2. The van der Waals surface area contributed by atoms with Crippen LogP contribution in [0.2, 0.25) is 0 Å². The molecule has 1 aliphatic rings. The lowest BCUT2D eigenvalue weighted by atomic mass is 10.0. The van der Waals surface area contributed by atoms with Crippen molar-refractivity contribution in [1.82, 2.24) is 10.3 Å². The van der Waals surface area contributed by atoms with Crippen molar-refractivity contribution in [2.24, 2.45) is 10.2 Å². The third kappa shape index (κ3) is 4.65. The standard InChI is InChI=1S/C18H16N4O5S/c1-27-15-5-3-11(8-19-15)10-2-4-13(23)12(6-10)9-20-22-18-21-17(26)14(28-18)7-16(24)25/h2-6,8-9,14,23H,7H2,1H3,(H,24,25)(H,21,22,26). The lowest BCUT2D eigenvalue weighted by Crippen LogP contribution is -2.26. The van der Waals surface area contributed by atoms with E-state index in [-0.39, 0.29) is 17.3 Å². The van der Waals surface area contributed by atoms with E-state index in [9.17, 15) is 14.7 Å². The predicted octanol–water partition coefficient (Wildman–Crippen LogP) is 1.86. The smallest absolute Gasteiger partial charge is 0.305 e. The molecular formula is C18H16N4O5S. The molecule has 10 heteroatoms. The van der Waals surface area contributed by atoms with Gasteiger partial charge in [0.05, 0.1) is 19.7 Å². The molecule has 1 aromatic carbocycles. The number of thioether (sulfide) groups is 1. The quantitative estimate of drug-likeness (QED) is 0.498. The van der Waals surface area contributed by atoms with Crippen LogP contribution in [0.5, 0.6) is 11.6 Å². The largest absolute Gasteiger partial charge is 0.507 e. The van der Waals surface area contributed by atoms with E-state index in [2.05, 4.69) is 20.5 Å². The Morgan fingerprint density at radius 1 is 1.36 bits per heavy atom. The van der Waals surface area contributed by atoms with Gasteiger partial charge in [0.15, 0.2) is 5.17 Å². The normalized spacial score (nSPS) is 17.8. The van der Waals surface area contributed by atoms with Gasteiger partial charge >= 0.3 is 5.97 Å². The number of phenolic OH excluding ortho intramolecular Hbond substituents is 1. The van der Waals surface area contributed by atoms with Gasteiger partial charge in [0.2, 0.25) is 11.8 Å². The zero-order valence-corrected chi connectivity index (χ0v) is 15.5. The van der Waals surface area contributed by atoms with Crippen molar-refractivity contribution >= 4 is 35.0 Å². The topological polar surface area (TPSA) is 133 Å². The van der Waals surface area contributed by atoms with E-state index in [1.54, 1.807) is 24.4 Å². The number of methoxy groups -OCH3 is 1. The van der Waals surface area contributed by atoms with E-state index in [1.165, 1.54) is 19.4 Å². The number of amidine groups is 1. The maximum Gasteiger partial charge on any atom is 0.305 e. The van der Waals surface area contributed by atoms with Crippen LogP contribution in [-0.4, -0.2) is 50.8 Å². The molecule has 0 spiro atoms. The van der Waals surface area contributed by atoms with E-state index in [1.807, 2.05) is 6.07 Å². The van der Waals surface area contributed by atoms with Crippen LogP contribution < -0.4 is 10.1 Å². The number of nitrogens with zero attached hydrogens (tertiary/aromatic N) is 3. The number of rotatable bonds is 6. The van der Waals surface area contributed by atoms with Gasteiger partial charge in [-0.2, -0.15) is 5.10 Å². The van der Waals surface area contributed by atoms with Gasteiger partial charge in [-0.15, -0.1) is 5.10 Å². The summed E-state index contributed by atoms with van der Waals surface area (Å²) in [5.74, 6) is -0.969. The second-order valence-electron chi connectivity index (χ2n) is 5.71. The number of pyridine rings is 1. The SMILES string of the molecule is COc1ccc(-c2ccc(O)c(C=NN=C3NC(=O)C(CC(=O)O)S3)c2)cn1. The lowest BCUT2D eigenvalue weighted by Gasteiger charge is -2.05. The summed E-state index contributed by atoms with van der Waals surface area (Å²) < 4.78 is 5.03. The monoisotopic (exact) mass is 400 g/mol. The minimum atomic E-state index is -1.06. The molecule has 1 fully saturated rings. The van der Waals surface area contributed by atoms with E-state index in [4.69, 9.17) is 9.84 Å². The Hall–Kier alpha value is -3.40. The van der Waals surface area contributed by atoms with Crippen molar-refractivity contribution in [1.29, 1.82) is 0 Å². The number of amides is 1. The van der Waals surface area contributed by atoms with Gasteiger partial charge in [0, 0.05) is 23.4 Å². The van der Waals surface area contributed by atoms with Crippen LogP contribution in [0, 0.1) is 0 Å². The van der Waals surface area contributed by atoms with Gasteiger partial charge in [0.1, 0.15) is 11.0 Å². The van der Waals surface area contributed by atoms with Crippen LogP contribution in [0.4, 0.5) is 0 Å². The van der Waals surface area contributed by atoms with Gasteiger partial charge in [-0.3, -0.25) is 9.59 Å². The molecule has 2 aromatic rings. The predicted molar refractivity (Wildman–Crippen MR) is 105 cm³/mol. The summed E-state index contributed by atoms with van der Waals surface area (Å²) in [5.41, 5.74) is 2.07. The summed E-state index contributed by atoms with van der Waals surface area (Å²) in [6, 6.07) is 8.56. The van der Waals surface area contributed by atoms with Crippen molar-refractivity contribution in [3.05, 3.63) is 42.1 Å². The first kappa shape index (κ1) is 19.4. The first-order valence-corrected chi connectivity index (χ1v) is 8.98. The number of aromatic nitrogens is 1. The molecule has 1 aromatic heterocycles. The van der Waals surface area contributed by atoms with Crippen molar-refractivity contribution in [3.8, 4) is 22.8 Å². The van der Waals surface area contributed by atoms with E-state index in [0.717, 1.165) is 22.9 Å². The molecule has 2 heterocycles. The number of nitrogens with one attached hydrogen (secondary N) is 1. The molecule has 9 nitrogen and oxygen atoms in total. The lowest BCUT2D eigenvalue weighted by molar-refractivity contribution is -0.138. The van der Waals surface area contributed by atoms with Crippen LogP contribution in [0.3, 0.4) is 0 Å². The van der Waals surface area contributed by atoms with E-state index < -0.39 is 17.1 Å². The zero-order chi connectivity index (χ0) is 20.1. The summed E-state index contributed by atoms with van der Waals surface area (Å²) in [6.45, 7) is 0. The highest BCUT2D eigenvalue weighted by molar-refractivity contribution is 8.15. The van der Waals surface area contributed by atoms with Crippen molar-refractivity contribution < 1.29 is 24.5 Å². The molecule has 1 amide bonds. The fourth-order valence-electron chi connectivity index (χ4n) is 2.40. The highest BCUT2D eigenvalue weighted by Crippen LogP contribution is 2.26. The van der Waals surface area contributed by atoms with Crippen molar-refractivity contribution in [3.63, 3.8) is 0 Å². The highest BCUT2D eigenvalue weighted by Gasteiger charge is 2.32. The number of aromatic hydroxyl groups is 1. The van der Waals surface area contributed by atoms with Gasteiger partial charge in [-0.05, 0) is 23.8 Å². The Balaban J connectivity index is 1.75. The molecule has 0 bridgehead atoms. The fraction of sp³-hybridized carbons (Fsp3) is 0.167. The Bertz CT molecular complexity index is 959.